The molecule has 0 fully saturated rings. The predicted molar refractivity (Wildman–Crippen MR) is 106 cm³/mol. The number of anilines is 1. The second kappa shape index (κ2) is 5.64. The summed E-state index contributed by atoms with van der Waals surface area (Å²) >= 11 is 0. The van der Waals surface area contributed by atoms with Crippen molar-refractivity contribution in [1.29, 1.82) is 0 Å². The van der Waals surface area contributed by atoms with Gasteiger partial charge in [-0.2, -0.15) is 0 Å². The van der Waals surface area contributed by atoms with Crippen LogP contribution in [0.3, 0.4) is 0 Å². The number of carbonyl (C=O) groups is 1. The summed E-state index contributed by atoms with van der Waals surface area (Å²) in [6, 6.07) is 7.64. The normalized spacial score (nSPS) is 20.7. The third-order valence-electron chi connectivity index (χ3n) is 5.64. The lowest BCUT2D eigenvalue weighted by atomic mass is 9.70. The number of benzene rings is 1. The Morgan fingerprint density at radius 3 is 2.50 bits per heavy atom. The van der Waals surface area contributed by atoms with Crippen LogP contribution in [0.5, 0.6) is 0 Å². The molecule has 1 atom stereocenters. The summed E-state index contributed by atoms with van der Waals surface area (Å²) in [7, 11) is 0. The number of carbonyl (C=O) groups excluding carboxylic acids is 1. The molecule has 3 heterocycles. The summed E-state index contributed by atoms with van der Waals surface area (Å²) in [6.07, 6.45) is 1.18. The molecule has 0 saturated carbocycles. The minimum atomic E-state index is -0.526. The van der Waals surface area contributed by atoms with Crippen molar-refractivity contribution < 1.29 is 4.79 Å². The number of aromatic nitrogens is 4. The van der Waals surface area contributed by atoms with Gasteiger partial charge in [0, 0.05) is 17.7 Å². The third-order valence-corrected chi connectivity index (χ3v) is 5.64. The van der Waals surface area contributed by atoms with Crippen LogP contribution in [-0.4, -0.2) is 25.9 Å². The molecule has 0 saturated heterocycles. The summed E-state index contributed by atoms with van der Waals surface area (Å²) < 4.78 is 0. The molecule has 0 spiro atoms. The van der Waals surface area contributed by atoms with E-state index in [9.17, 15) is 9.59 Å². The molecule has 1 aliphatic heterocycles. The highest BCUT2D eigenvalue weighted by atomic mass is 16.1. The molecule has 28 heavy (non-hydrogen) atoms. The monoisotopic (exact) mass is 375 g/mol. The minimum Gasteiger partial charge on any atom is -0.343 e. The number of para-hydroxylation sites is 2. The first kappa shape index (κ1) is 16.9. The van der Waals surface area contributed by atoms with E-state index in [0.717, 1.165) is 28.8 Å². The van der Waals surface area contributed by atoms with Gasteiger partial charge in [-0.15, -0.1) is 0 Å². The van der Waals surface area contributed by atoms with Crippen molar-refractivity contribution in [2.75, 3.05) is 5.32 Å². The van der Waals surface area contributed by atoms with E-state index in [1.807, 2.05) is 31.2 Å². The zero-order valence-electron chi connectivity index (χ0n) is 16.0. The van der Waals surface area contributed by atoms with E-state index >= 15 is 0 Å². The molecule has 0 unspecified atom stereocenters. The van der Waals surface area contributed by atoms with Gasteiger partial charge in [-0.3, -0.25) is 19.8 Å². The fourth-order valence-electron chi connectivity index (χ4n) is 4.47. The average molecular weight is 375 g/mol. The van der Waals surface area contributed by atoms with E-state index in [-0.39, 0.29) is 16.8 Å². The molecule has 3 aromatic rings. The minimum absolute atomic E-state index is 0.0596. The Bertz CT molecular complexity index is 1230. The number of allylic oxidation sites excluding steroid dienone is 2. The Morgan fingerprint density at radius 2 is 1.75 bits per heavy atom. The maximum Gasteiger partial charge on any atom is 0.270 e. The lowest BCUT2D eigenvalue weighted by Gasteiger charge is -2.37. The average Bonchev–Trinajstić information content (AvgIpc) is 2.99. The first-order valence-corrected chi connectivity index (χ1v) is 9.41. The molecule has 0 radical (unpaired) electrons. The van der Waals surface area contributed by atoms with Gasteiger partial charge >= 0.3 is 0 Å². The fourth-order valence-corrected chi connectivity index (χ4v) is 4.47. The van der Waals surface area contributed by atoms with Crippen molar-refractivity contribution in [2.45, 2.75) is 39.5 Å². The Hall–Kier alpha value is -3.22. The summed E-state index contributed by atoms with van der Waals surface area (Å²) in [5.74, 6) is 0.139. The van der Waals surface area contributed by atoms with Crippen LogP contribution in [0.2, 0.25) is 0 Å². The van der Waals surface area contributed by atoms with Crippen LogP contribution in [0.1, 0.15) is 49.6 Å². The molecule has 142 valence electrons. The van der Waals surface area contributed by atoms with Crippen LogP contribution in [0.15, 0.2) is 40.3 Å². The molecule has 2 aromatic heterocycles. The van der Waals surface area contributed by atoms with Crippen molar-refractivity contribution >= 4 is 22.6 Å². The number of fused-ring (bicyclic) bond motifs is 2. The van der Waals surface area contributed by atoms with Crippen LogP contribution in [0.4, 0.5) is 5.82 Å². The third kappa shape index (κ3) is 2.42. The Morgan fingerprint density at radius 1 is 1.04 bits per heavy atom. The van der Waals surface area contributed by atoms with E-state index in [2.05, 4.69) is 34.3 Å². The van der Waals surface area contributed by atoms with Crippen LogP contribution >= 0.6 is 0 Å². The molecule has 1 aromatic carbocycles. The SMILES string of the molecule is Cc1nc2ccccc2nc1[C@@H]1C2=C(CC(C)(C)CC2=O)Nc2[nH][nH]c(=O)c21. The van der Waals surface area contributed by atoms with Crippen molar-refractivity contribution in [3.05, 3.63) is 62.8 Å². The lowest BCUT2D eigenvalue weighted by Crippen LogP contribution is -2.35. The molecule has 3 N–H and O–H groups in total. The second-order valence-electron chi connectivity index (χ2n) is 8.44. The summed E-state index contributed by atoms with van der Waals surface area (Å²) in [5, 5.41) is 8.85. The van der Waals surface area contributed by atoms with Gasteiger partial charge in [-0.25, -0.2) is 9.97 Å². The number of H-pyrrole nitrogens is 2. The quantitative estimate of drug-likeness (QED) is 0.606. The van der Waals surface area contributed by atoms with Crippen LogP contribution in [0.25, 0.3) is 11.0 Å². The Labute approximate surface area is 161 Å². The highest BCUT2D eigenvalue weighted by molar-refractivity contribution is 6.01. The van der Waals surface area contributed by atoms with Gasteiger partial charge in [0.1, 0.15) is 5.82 Å². The molecule has 7 heteroatoms. The van der Waals surface area contributed by atoms with Gasteiger partial charge in [-0.05, 0) is 30.9 Å². The summed E-state index contributed by atoms with van der Waals surface area (Å²) in [4.78, 5) is 35.3. The van der Waals surface area contributed by atoms with Gasteiger partial charge in [0.15, 0.2) is 5.78 Å². The number of rotatable bonds is 1. The van der Waals surface area contributed by atoms with Crippen LogP contribution < -0.4 is 10.9 Å². The number of aryl methyl sites for hydroxylation is 1. The van der Waals surface area contributed by atoms with Crippen LogP contribution in [-0.2, 0) is 4.79 Å². The number of aromatic amines is 2. The lowest BCUT2D eigenvalue weighted by molar-refractivity contribution is -0.118. The van der Waals surface area contributed by atoms with Gasteiger partial charge in [-0.1, -0.05) is 26.0 Å². The molecule has 7 nitrogen and oxygen atoms in total. The van der Waals surface area contributed by atoms with E-state index < -0.39 is 5.92 Å². The summed E-state index contributed by atoms with van der Waals surface area (Å²) in [6.45, 7) is 6.05. The molecule has 1 aliphatic carbocycles. The highest BCUT2D eigenvalue weighted by Crippen LogP contribution is 2.47. The first-order chi connectivity index (χ1) is 13.3. The molecule has 0 bridgehead atoms. The number of hydrogen-bond donors (Lipinski definition) is 3. The maximum atomic E-state index is 13.2. The largest absolute Gasteiger partial charge is 0.343 e. The van der Waals surface area contributed by atoms with E-state index in [0.29, 0.717) is 29.1 Å². The topological polar surface area (TPSA) is 104 Å². The number of nitrogens with zero attached hydrogens (tertiary/aromatic N) is 2. The van der Waals surface area contributed by atoms with Crippen molar-refractivity contribution in [2.24, 2.45) is 5.41 Å². The molecule has 2 aliphatic rings. The second-order valence-corrected chi connectivity index (χ2v) is 8.44. The number of ketones is 1. The van der Waals surface area contributed by atoms with Crippen LogP contribution in [0, 0.1) is 12.3 Å². The fraction of sp³-hybridized carbons (Fsp3) is 0.333. The predicted octanol–water partition coefficient (Wildman–Crippen LogP) is 3.16. The smallest absolute Gasteiger partial charge is 0.270 e. The van der Waals surface area contributed by atoms with Gasteiger partial charge < -0.3 is 5.32 Å². The molecular weight excluding hydrogens is 354 g/mol. The molecule has 5 rings (SSSR count). The van der Waals surface area contributed by atoms with Crippen molar-refractivity contribution in [3.8, 4) is 0 Å². The molecule has 0 amide bonds. The zero-order valence-corrected chi connectivity index (χ0v) is 16.0. The van der Waals surface area contributed by atoms with E-state index in [1.165, 1.54) is 0 Å². The van der Waals surface area contributed by atoms with Gasteiger partial charge in [0.05, 0.1) is 33.9 Å². The van der Waals surface area contributed by atoms with E-state index in [1.54, 1.807) is 0 Å². The van der Waals surface area contributed by atoms with Gasteiger partial charge in [0.2, 0.25) is 0 Å². The Kier molecular flexibility index (Phi) is 3.41. The summed E-state index contributed by atoms with van der Waals surface area (Å²) in [5.41, 5.74) is 4.56. The van der Waals surface area contributed by atoms with E-state index in [4.69, 9.17) is 4.98 Å². The number of nitrogens with one attached hydrogen (secondary N) is 3. The first-order valence-electron chi connectivity index (χ1n) is 9.41. The zero-order chi connectivity index (χ0) is 19.6. The van der Waals surface area contributed by atoms with Gasteiger partial charge in [0.25, 0.3) is 5.56 Å². The van der Waals surface area contributed by atoms with Crippen molar-refractivity contribution in [3.63, 3.8) is 0 Å². The van der Waals surface area contributed by atoms with Crippen molar-refractivity contribution in [1.82, 2.24) is 20.2 Å². The Balaban J connectivity index is 1.80. The standard InChI is InChI=1S/C21H21N5O2/c1-10-18(23-12-7-5-4-6-11(12)22-10)16-15-13(8-21(2,3)9-14(15)27)24-19-17(16)20(28)26-25-19/h4-7,16H,8-9H2,1-3H3,(H3,24,25,26,28)/t16-/m1/s1. The molecular formula is C21H21N5O2. The highest BCUT2D eigenvalue weighted by Gasteiger charge is 2.43. The maximum absolute atomic E-state index is 13.2. The number of Topliss-reactive ketones (excluding diaryl/α,β-unsaturated/α-hetero) is 1. The number of hydrogen-bond acceptors (Lipinski definition) is 5.